The van der Waals surface area contributed by atoms with Crippen LogP contribution in [-0.2, 0) is 9.47 Å². The number of hydrogen-bond acceptors (Lipinski definition) is 3. The maximum atomic E-state index is 6.06. The fourth-order valence-electron chi connectivity index (χ4n) is 2.10. The number of nitrogens with one attached hydrogen (secondary N) is 1. The smallest absolute Gasteiger partial charge is 0.0953 e. The highest BCUT2D eigenvalue weighted by Gasteiger charge is 2.17. The zero-order chi connectivity index (χ0) is 15.7. The van der Waals surface area contributed by atoms with Crippen molar-refractivity contribution in [3.63, 3.8) is 0 Å². The number of rotatable bonds is 9. The van der Waals surface area contributed by atoms with Gasteiger partial charge in [0.05, 0.1) is 19.3 Å². The van der Waals surface area contributed by atoms with Crippen LogP contribution in [-0.4, -0.2) is 31.9 Å². The van der Waals surface area contributed by atoms with Crippen molar-refractivity contribution in [2.24, 2.45) is 0 Å². The van der Waals surface area contributed by atoms with E-state index in [9.17, 15) is 0 Å². The predicted molar refractivity (Wildman–Crippen MR) is 88.7 cm³/mol. The Hall–Kier alpha value is -0.900. The van der Waals surface area contributed by atoms with Crippen LogP contribution < -0.4 is 5.32 Å². The molecule has 1 unspecified atom stereocenters. The molecule has 120 valence electrons. The number of aryl methyl sites for hydroxylation is 1. The van der Waals surface area contributed by atoms with E-state index in [0.29, 0.717) is 13.2 Å². The van der Waals surface area contributed by atoms with Crippen LogP contribution in [0.2, 0.25) is 0 Å². The van der Waals surface area contributed by atoms with E-state index in [-0.39, 0.29) is 11.6 Å². The molecule has 0 aliphatic heterocycles. The summed E-state index contributed by atoms with van der Waals surface area (Å²) in [6.07, 6.45) is 1.11. The molecule has 1 aromatic rings. The average molecular weight is 293 g/mol. The van der Waals surface area contributed by atoms with Gasteiger partial charge >= 0.3 is 0 Å². The van der Waals surface area contributed by atoms with Crippen LogP contribution in [0.1, 0.15) is 51.3 Å². The Morgan fingerprint density at radius 1 is 1.10 bits per heavy atom. The van der Waals surface area contributed by atoms with Crippen LogP contribution in [0.5, 0.6) is 0 Å². The quantitative estimate of drug-likeness (QED) is 0.701. The Bertz CT molecular complexity index is 398. The number of hydrogen-bond donors (Lipinski definition) is 1. The maximum Gasteiger partial charge on any atom is 0.0953 e. The fraction of sp³-hybridized carbons (Fsp3) is 0.667. The molecule has 1 N–H and O–H groups in total. The molecule has 0 aromatic heterocycles. The Balaban J connectivity index is 2.60. The summed E-state index contributed by atoms with van der Waals surface area (Å²) in [6.45, 7) is 13.7. The summed E-state index contributed by atoms with van der Waals surface area (Å²) >= 11 is 0. The minimum atomic E-state index is 0.0654. The van der Waals surface area contributed by atoms with E-state index in [1.54, 1.807) is 0 Å². The lowest BCUT2D eigenvalue weighted by Crippen LogP contribution is -2.39. The van der Waals surface area contributed by atoms with Gasteiger partial charge in [-0.3, -0.25) is 0 Å². The van der Waals surface area contributed by atoms with Crippen molar-refractivity contribution in [1.29, 1.82) is 0 Å². The van der Waals surface area contributed by atoms with Crippen LogP contribution in [0.25, 0.3) is 0 Å². The fourth-order valence-corrected chi connectivity index (χ4v) is 2.10. The predicted octanol–water partition coefficient (Wildman–Crippen LogP) is 3.87. The van der Waals surface area contributed by atoms with E-state index >= 15 is 0 Å². The highest BCUT2D eigenvalue weighted by molar-refractivity contribution is 5.28. The van der Waals surface area contributed by atoms with E-state index in [2.05, 4.69) is 64.2 Å². The third kappa shape index (κ3) is 7.60. The molecule has 0 amide bonds. The third-order valence-corrected chi connectivity index (χ3v) is 3.25. The number of benzene rings is 1. The van der Waals surface area contributed by atoms with Gasteiger partial charge in [-0.15, -0.1) is 0 Å². The lowest BCUT2D eigenvalue weighted by atomic mass is 10.0. The first-order chi connectivity index (χ1) is 9.94. The van der Waals surface area contributed by atoms with Crippen molar-refractivity contribution in [1.82, 2.24) is 5.32 Å². The molecule has 3 nitrogen and oxygen atoms in total. The summed E-state index contributed by atoms with van der Waals surface area (Å²) in [5, 5.41) is 3.53. The molecule has 0 heterocycles. The van der Waals surface area contributed by atoms with E-state index in [1.807, 2.05) is 0 Å². The molecule has 0 radical (unpaired) electrons. The van der Waals surface area contributed by atoms with Crippen LogP contribution in [0, 0.1) is 6.92 Å². The molecule has 1 rings (SSSR count). The van der Waals surface area contributed by atoms with Gasteiger partial charge in [0.2, 0.25) is 0 Å². The van der Waals surface area contributed by atoms with Crippen molar-refractivity contribution >= 4 is 0 Å². The van der Waals surface area contributed by atoms with Gasteiger partial charge in [-0.05, 0) is 45.2 Å². The van der Waals surface area contributed by atoms with Crippen molar-refractivity contribution in [3.8, 4) is 0 Å². The first kappa shape index (κ1) is 18.1. The zero-order valence-electron chi connectivity index (χ0n) is 14.2. The van der Waals surface area contributed by atoms with Crippen LogP contribution in [0.4, 0.5) is 0 Å². The summed E-state index contributed by atoms with van der Waals surface area (Å²) in [6, 6.07) is 8.43. The van der Waals surface area contributed by atoms with Crippen LogP contribution >= 0.6 is 0 Å². The van der Waals surface area contributed by atoms with Crippen molar-refractivity contribution in [3.05, 3.63) is 35.4 Å². The van der Waals surface area contributed by atoms with Crippen LogP contribution in [0.15, 0.2) is 24.3 Å². The Labute approximate surface area is 130 Å². The second-order valence-electron chi connectivity index (χ2n) is 6.46. The van der Waals surface area contributed by atoms with Gasteiger partial charge in [0, 0.05) is 18.7 Å². The van der Waals surface area contributed by atoms with Crippen molar-refractivity contribution < 1.29 is 9.47 Å². The summed E-state index contributed by atoms with van der Waals surface area (Å²) in [4.78, 5) is 0. The van der Waals surface area contributed by atoms with Gasteiger partial charge in [0.25, 0.3) is 0 Å². The van der Waals surface area contributed by atoms with E-state index in [1.165, 1.54) is 11.1 Å². The molecule has 0 aliphatic carbocycles. The Morgan fingerprint density at radius 3 is 2.43 bits per heavy atom. The molecule has 0 fully saturated rings. The minimum absolute atomic E-state index is 0.0654. The molecule has 0 aliphatic rings. The monoisotopic (exact) mass is 293 g/mol. The summed E-state index contributed by atoms with van der Waals surface area (Å²) < 4.78 is 11.6. The van der Waals surface area contributed by atoms with Gasteiger partial charge in [-0.1, -0.05) is 31.2 Å². The molecule has 21 heavy (non-hydrogen) atoms. The maximum absolute atomic E-state index is 6.06. The normalized spacial score (nSPS) is 13.4. The largest absolute Gasteiger partial charge is 0.379 e. The lowest BCUT2D eigenvalue weighted by Gasteiger charge is -2.26. The third-order valence-electron chi connectivity index (χ3n) is 3.25. The highest BCUT2D eigenvalue weighted by atomic mass is 16.5. The van der Waals surface area contributed by atoms with Crippen molar-refractivity contribution in [2.45, 2.75) is 52.7 Å². The summed E-state index contributed by atoms with van der Waals surface area (Å²) in [5.41, 5.74) is 2.61. The molecular weight excluding hydrogens is 262 g/mol. The van der Waals surface area contributed by atoms with E-state index in [0.717, 1.165) is 19.6 Å². The topological polar surface area (TPSA) is 30.5 Å². The van der Waals surface area contributed by atoms with E-state index < -0.39 is 0 Å². The van der Waals surface area contributed by atoms with Gasteiger partial charge in [-0.2, -0.15) is 0 Å². The van der Waals surface area contributed by atoms with Crippen molar-refractivity contribution in [2.75, 3.05) is 26.4 Å². The van der Waals surface area contributed by atoms with Gasteiger partial charge in [0.1, 0.15) is 0 Å². The van der Waals surface area contributed by atoms with Gasteiger partial charge in [-0.25, -0.2) is 0 Å². The highest BCUT2D eigenvalue weighted by Crippen LogP contribution is 2.21. The lowest BCUT2D eigenvalue weighted by molar-refractivity contribution is 0.00184. The summed E-state index contributed by atoms with van der Waals surface area (Å²) in [5.74, 6) is 0. The molecular formula is C18H31NO2. The SMILES string of the molecule is CCCOCCOC(CNC(C)(C)C)c1ccccc1C. The molecule has 1 aromatic carbocycles. The zero-order valence-corrected chi connectivity index (χ0v) is 14.2. The average Bonchev–Trinajstić information content (AvgIpc) is 2.42. The molecule has 0 saturated carbocycles. The molecule has 0 saturated heterocycles. The second-order valence-corrected chi connectivity index (χ2v) is 6.46. The van der Waals surface area contributed by atoms with Crippen LogP contribution in [0.3, 0.4) is 0 Å². The Morgan fingerprint density at radius 2 is 1.81 bits per heavy atom. The molecule has 3 heteroatoms. The Kier molecular flexibility index (Phi) is 7.94. The first-order valence-corrected chi connectivity index (χ1v) is 7.94. The molecule has 1 atom stereocenters. The first-order valence-electron chi connectivity index (χ1n) is 7.94. The minimum Gasteiger partial charge on any atom is -0.379 e. The van der Waals surface area contributed by atoms with Gasteiger partial charge < -0.3 is 14.8 Å². The second kappa shape index (κ2) is 9.19. The van der Waals surface area contributed by atoms with Gasteiger partial charge in [0.15, 0.2) is 0 Å². The standard InChI is InChI=1S/C18H31NO2/c1-6-11-20-12-13-21-17(14-19-18(3,4)5)16-10-8-7-9-15(16)2/h7-10,17,19H,6,11-14H2,1-5H3. The molecule has 0 spiro atoms. The van der Waals surface area contributed by atoms with E-state index in [4.69, 9.17) is 9.47 Å². The number of ether oxygens (including phenoxy) is 2. The summed E-state index contributed by atoms with van der Waals surface area (Å²) in [7, 11) is 0. The molecule has 0 bridgehead atoms.